The number of benzene rings is 1. The third kappa shape index (κ3) is 3.75. The Morgan fingerprint density at radius 3 is 2.46 bits per heavy atom. The highest BCUT2D eigenvalue weighted by atomic mass is 35.5. The molecule has 0 bridgehead atoms. The summed E-state index contributed by atoms with van der Waals surface area (Å²) in [6, 6.07) is 7.92. The van der Waals surface area contributed by atoms with Crippen molar-refractivity contribution in [2.45, 2.75) is 12.8 Å². The summed E-state index contributed by atoms with van der Waals surface area (Å²) in [7, 11) is 1.66. The van der Waals surface area contributed by atoms with Crippen LogP contribution in [0, 0.1) is 0 Å². The molecule has 13 heavy (non-hydrogen) atoms. The predicted molar refractivity (Wildman–Crippen MR) is 59.8 cm³/mol. The van der Waals surface area contributed by atoms with E-state index in [0.29, 0.717) is 4.32 Å². The van der Waals surface area contributed by atoms with E-state index in [1.54, 1.807) is 7.11 Å². The lowest BCUT2D eigenvalue weighted by atomic mass is 10.1. The van der Waals surface area contributed by atoms with E-state index in [4.69, 9.17) is 28.6 Å². The maximum atomic E-state index is 5.59. The van der Waals surface area contributed by atoms with Crippen molar-refractivity contribution in [2.75, 3.05) is 7.11 Å². The van der Waals surface area contributed by atoms with Gasteiger partial charge in [-0.25, -0.2) is 0 Å². The Balaban J connectivity index is 2.54. The van der Waals surface area contributed by atoms with E-state index < -0.39 is 0 Å². The molecule has 0 aliphatic rings. The molecule has 0 N–H and O–H groups in total. The highest BCUT2D eigenvalue weighted by molar-refractivity contribution is 7.83. The Bertz CT molecular complexity index is 281. The van der Waals surface area contributed by atoms with Gasteiger partial charge in [0.1, 0.15) is 5.75 Å². The first-order chi connectivity index (χ1) is 6.22. The fourth-order valence-corrected chi connectivity index (χ4v) is 1.23. The number of halogens is 1. The number of aryl methyl sites for hydroxylation is 1. The highest BCUT2D eigenvalue weighted by Crippen LogP contribution is 2.13. The van der Waals surface area contributed by atoms with Crippen LogP contribution in [0.3, 0.4) is 0 Å². The number of thiocarbonyl (C=S) groups is 1. The molecular weight excluding hydrogens is 204 g/mol. The average Bonchev–Trinajstić information content (AvgIpc) is 2.15. The summed E-state index contributed by atoms with van der Waals surface area (Å²) in [5.41, 5.74) is 1.23. The number of ether oxygens (including phenoxy) is 1. The van der Waals surface area contributed by atoms with Crippen molar-refractivity contribution in [1.29, 1.82) is 0 Å². The molecule has 0 spiro atoms. The van der Waals surface area contributed by atoms with Crippen molar-refractivity contribution in [3.63, 3.8) is 0 Å². The Labute approximate surface area is 88.7 Å². The third-order valence-electron chi connectivity index (χ3n) is 1.77. The van der Waals surface area contributed by atoms with Crippen LogP contribution in [0.25, 0.3) is 0 Å². The number of hydrogen-bond acceptors (Lipinski definition) is 2. The van der Waals surface area contributed by atoms with Gasteiger partial charge in [-0.2, -0.15) is 0 Å². The molecule has 1 aromatic rings. The molecule has 1 nitrogen and oxygen atoms in total. The smallest absolute Gasteiger partial charge is 0.118 e. The molecule has 0 amide bonds. The quantitative estimate of drug-likeness (QED) is 0.563. The average molecular weight is 215 g/mol. The van der Waals surface area contributed by atoms with Crippen LogP contribution in [0.4, 0.5) is 0 Å². The summed E-state index contributed by atoms with van der Waals surface area (Å²) in [5.74, 6) is 0.872. The fourth-order valence-electron chi connectivity index (χ4n) is 1.03. The summed E-state index contributed by atoms with van der Waals surface area (Å²) < 4.78 is 5.58. The molecule has 0 saturated heterocycles. The van der Waals surface area contributed by atoms with Gasteiger partial charge in [0.2, 0.25) is 0 Å². The summed E-state index contributed by atoms with van der Waals surface area (Å²) >= 11 is 10.4. The summed E-state index contributed by atoms with van der Waals surface area (Å²) in [6.07, 6.45) is 1.65. The van der Waals surface area contributed by atoms with Crippen molar-refractivity contribution in [2.24, 2.45) is 0 Å². The number of hydrogen-bond donors (Lipinski definition) is 0. The summed E-state index contributed by atoms with van der Waals surface area (Å²) in [5, 5.41) is 0. The van der Waals surface area contributed by atoms with E-state index in [-0.39, 0.29) is 0 Å². The number of rotatable bonds is 4. The van der Waals surface area contributed by atoms with Gasteiger partial charge in [-0.3, -0.25) is 0 Å². The van der Waals surface area contributed by atoms with E-state index in [9.17, 15) is 0 Å². The standard InChI is InChI=1S/C10H11ClOS/c1-12-9-5-2-8(3-6-9)4-7-10(11)13/h2-3,5-6H,4,7H2,1H3. The van der Waals surface area contributed by atoms with Gasteiger partial charge < -0.3 is 4.74 Å². The molecule has 0 aromatic heterocycles. The highest BCUT2D eigenvalue weighted by Gasteiger charge is 1.96. The van der Waals surface area contributed by atoms with Crippen molar-refractivity contribution < 1.29 is 4.74 Å². The first-order valence-corrected chi connectivity index (χ1v) is 4.82. The molecule has 0 aliphatic carbocycles. The predicted octanol–water partition coefficient (Wildman–Crippen LogP) is 3.19. The van der Waals surface area contributed by atoms with Gasteiger partial charge in [0, 0.05) is 0 Å². The van der Waals surface area contributed by atoms with Crippen LogP contribution in [0.1, 0.15) is 12.0 Å². The topological polar surface area (TPSA) is 9.23 Å². The summed E-state index contributed by atoms with van der Waals surface area (Å²) in [6.45, 7) is 0. The van der Waals surface area contributed by atoms with Crippen molar-refractivity contribution in [3.05, 3.63) is 29.8 Å². The normalized spacial score (nSPS) is 9.69. The largest absolute Gasteiger partial charge is 0.497 e. The van der Waals surface area contributed by atoms with E-state index in [2.05, 4.69) is 0 Å². The molecule has 70 valence electrons. The van der Waals surface area contributed by atoms with Crippen molar-refractivity contribution >= 4 is 28.1 Å². The van der Waals surface area contributed by atoms with E-state index in [0.717, 1.165) is 18.6 Å². The zero-order valence-corrected chi connectivity index (χ0v) is 8.99. The van der Waals surface area contributed by atoms with Gasteiger partial charge in [0.25, 0.3) is 0 Å². The van der Waals surface area contributed by atoms with Crippen LogP contribution < -0.4 is 4.74 Å². The zero-order valence-electron chi connectivity index (χ0n) is 7.42. The number of methoxy groups -OCH3 is 1. The van der Waals surface area contributed by atoms with Crippen LogP contribution in [0.5, 0.6) is 5.75 Å². The van der Waals surface area contributed by atoms with Gasteiger partial charge in [-0.1, -0.05) is 36.0 Å². The molecule has 1 aromatic carbocycles. The van der Waals surface area contributed by atoms with Gasteiger partial charge in [-0.05, 0) is 30.5 Å². The molecule has 0 aliphatic heterocycles. The van der Waals surface area contributed by atoms with Crippen LogP contribution in [0.2, 0.25) is 0 Å². The molecule has 0 fully saturated rings. The first-order valence-electron chi connectivity index (χ1n) is 4.03. The minimum atomic E-state index is 0.538. The lowest BCUT2D eigenvalue weighted by Crippen LogP contribution is -1.90. The van der Waals surface area contributed by atoms with Gasteiger partial charge in [0.05, 0.1) is 11.4 Å². The molecule has 0 unspecified atom stereocenters. The lowest BCUT2D eigenvalue weighted by Gasteiger charge is -2.01. The van der Waals surface area contributed by atoms with Crippen molar-refractivity contribution in [1.82, 2.24) is 0 Å². The monoisotopic (exact) mass is 214 g/mol. The van der Waals surface area contributed by atoms with Gasteiger partial charge >= 0.3 is 0 Å². The van der Waals surface area contributed by atoms with Crippen LogP contribution in [0.15, 0.2) is 24.3 Å². The maximum Gasteiger partial charge on any atom is 0.118 e. The first kappa shape index (κ1) is 10.5. The third-order valence-corrected chi connectivity index (χ3v) is 2.16. The van der Waals surface area contributed by atoms with Crippen LogP contribution >= 0.6 is 23.8 Å². The Morgan fingerprint density at radius 1 is 1.38 bits per heavy atom. The van der Waals surface area contributed by atoms with E-state index >= 15 is 0 Å². The SMILES string of the molecule is COc1ccc(CCC(=S)Cl)cc1. The minimum Gasteiger partial charge on any atom is -0.497 e. The molecule has 0 heterocycles. The second-order valence-corrected chi connectivity index (χ2v) is 3.88. The van der Waals surface area contributed by atoms with E-state index in [1.807, 2.05) is 24.3 Å². The molecule has 0 atom stereocenters. The van der Waals surface area contributed by atoms with Crippen molar-refractivity contribution in [3.8, 4) is 5.75 Å². The molecule has 0 radical (unpaired) electrons. The van der Waals surface area contributed by atoms with Gasteiger partial charge in [-0.15, -0.1) is 0 Å². The minimum absolute atomic E-state index is 0.538. The molecule has 3 heteroatoms. The maximum absolute atomic E-state index is 5.59. The summed E-state index contributed by atoms with van der Waals surface area (Å²) in [4.78, 5) is 0. The Hall–Kier alpha value is -0.600. The zero-order chi connectivity index (χ0) is 9.68. The Morgan fingerprint density at radius 2 is 2.00 bits per heavy atom. The Kier molecular flexibility index (Phi) is 4.19. The van der Waals surface area contributed by atoms with Crippen LogP contribution in [-0.4, -0.2) is 11.4 Å². The lowest BCUT2D eigenvalue weighted by molar-refractivity contribution is 0.414. The fraction of sp³-hybridized carbons (Fsp3) is 0.300. The second kappa shape index (κ2) is 5.20. The molecular formula is C10H11ClOS. The second-order valence-electron chi connectivity index (χ2n) is 2.70. The van der Waals surface area contributed by atoms with Gasteiger partial charge in [0.15, 0.2) is 0 Å². The molecule has 1 rings (SSSR count). The van der Waals surface area contributed by atoms with E-state index in [1.165, 1.54) is 5.56 Å². The molecule has 0 saturated carbocycles. The van der Waals surface area contributed by atoms with Crippen LogP contribution in [-0.2, 0) is 6.42 Å².